The lowest BCUT2D eigenvalue weighted by atomic mass is 9.51. The van der Waals surface area contributed by atoms with Gasteiger partial charge in [-0.15, -0.1) is 0 Å². The van der Waals surface area contributed by atoms with E-state index in [1.54, 1.807) is 0 Å². The van der Waals surface area contributed by atoms with Crippen molar-refractivity contribution >= 4 is 11.9 Å². The average Bonchev–Trinajstić information content (AvgIpc) is 3.50. The molecule has 43 heavy (non-hydrogen) atoms. The van der Waals surface area contributed by atoms with Crippen molar-refractivity contribution in [2.75, 3.05) is 14.2 Å². The lowest BCUT2D eigenvalue weighted by Crippen LogP contribution is -2.48. The Morgan fingerprint density at radius 3 is 1.12 bits per heavy atom. The highest BCUT2D eigenvalue weighted by Crippen LogP contribution is 2.67. The van der Waals surface area contributed by atoms with E-state index in [9.17, 15) is 9.59 Å². The molecule has 0 bridgehead atoms. The topological polar surface area (TPSA) is 52.6 Å². The number of hydrogen-bond acceptors (Lipinski definition) is 4. The first kappa shape index (κ1) is 26.9. The van der Waals surface area contributed by atoms with Crippen LogP contribution in [0.2, 0.25) is 0 Å². The van der Waals surface area contributed by atoms with Crippen LogP contribution < -0.4 is 0 Å². The summed E-state index contributed by atoms with van der Waals surface area (Å²) >= 11 is 0. The van der Waals surface area contributed by atoms with Crippen LogP contribution in [0, 0.1) is 0 Å². The van der Waals surface area contributed by atoms with Crippen LogP contribution in [0.25, 0.3) is 22.3 Å². The van der Waals surface area contributed by atoms with Gasteiger partial charge < -0.3 is 9.47 Å². The van der Waals surface area contributed by atoms with Crippen molar-refractivity contribution in [3.05, 3.63) is 155 Å². The summed E-state index contributed by atoms with van der Waals surface area (Å²) < 4.78 is 10.9. The normalized spacial score (nSPS) is 14.8. The summed E-state index contributed by atoms with van der Waals surface area (Å²) in [5, 5.41) is 0. The van der Waals surface area contributed by atoms with Crippen molar-refractivity contribution in [2.24, 2.45) is 0 Å². The van der Waals surface area contributed by atoms with Gasteiger partial charge in [-0.1, -0.05) is 127 Å². The van der Waals surface area contributed by atoms with Gasteiger partial charge in [0.25, 0.3) is 0 Å². The molecule has 0 spiro atoms. The maximum atomic E-state index is 13.7. The van der Waals surface area contributed by atoms with Crippen LogP contribution in [-0.4, -0.2) is 26.2 Å². The number of carbonyl (C=O) groups is 2. The predicted octanol–water partition coefficient (Wildman–Crippen LogP) is 7.83. The first-order valence-corrected chi connectivity index (χ1v) is 14.6. The molecular weight excluding hydrogens is 532 g/mol. The maximum absolute atomic E-state index is 13.7. The summed E-state index contributed by atoms with van der Waals surface area (Å²) in [6.45, 7) is 0. The van der Waals surface area contributed by atoms with Gasteiger partial charge in [-0.2, -0.15) is 0 Å². The molecular formula is C39H32O4. The molecule has 4 nitrogen and oxygen atoms in total. The van der Waals surface area contributed by atoms with Crippen LogP contribution in [0.3, 0.4) is 0 Å². The van der Waals surface area contributed by atoms with Crippen LogP contribution in [0.5, 0.6) is 0 Å². The minimum Gasteiger partial charge on any atom is -0.469 e. The second-order valence-electron chi connectivity index (χ2n) is 11.5. The molecule has 0 heterocycles. The number of ether oxygens (including phenoxy) is 2. The van der Waals surface area contributed by atoms with Gasteiger partial charge in [0.1, 0.15) is 0 Å². The summed E-state index contributed by atoms with van der Waals surface area (Å²) in [5.41, 5.74) is 7.89. The highest BCUT2D eigenvalue weighted by molar-refractivity contribution is 5.90. The van der Waals surface area contributed by atoms with Crippen molar-refractivity contribution in [1.29, 1.82) is 0 Å². The summed E-state index contributed by atoms with van der Waals surface area (Å²) in [4.78, 5) is 27.4. The second kappa shape index (κ2) is 10.4. The number of carbonyl (C=O) groups excluding carboxylic acids is 2. The molecule has 4 heteroatoms. The fraction of sp³-hybridized carbons (Fsp3) is 0.179. The van der Waals surface area contributed by atoms with Gasteiger partial charge in [-0.25, -0.2) is 0 Å². The van der Waals surface area contributed by atoms with Crippen molar-refractivity contribution in [3.63, 3.8) is 0 Å². The minimum absolute atomic E-state index is 0.102. The second-order valence-corrected chi connectivity index (χ2v) is 11.5. The molecule has 0 aliphatic heterocycles. The van der Waals surface area contributed by atoms with E-state index in [-0.39, 0.29) is 24.8 Å². The molecule has 0 aromatic heterocycles. The Morgan fingerprint density at radius 1 is 0.488 bits per heavy atom. The van der Waals surface area contributed by atoms with Crippen molar-refractivity contribution in [3.8, 4) is 22.3 Å². The van der Waals surface area contributed by atoms with Gasteiger partial charge in [0.05, 0.1) is 27.1 Å². The highest BCUT2D eigenvalue weighted by atomic mass is 16.5. The van der Waals surface area contributed by atoms with Crippen molar-refractivity contribution < 1.29 is 19.1 Å². The molecule has 0 atom stereocenters. The van der Waals surface area contributed by atoms with Gasteiger partial charge >= 0.3 is 11.9 Å². The SMILES string of the molecule is COC(=O)CC1(C(c2ccccc2)C2(CC(=O)OC)c3ccccc3-c3ccccc32)c2ccccc2-c2ccccc21. The first-order chi connectivity index (χ1) is 21.1. The molecule has 2 aliphatic rings. The first-order valence-electron chi connectivity index (χ1n) is 14.6. The summed E-state index contributed by atoms with van der Waals surface area (Å²) in [7, 11) is 2.90. The van der Waals surface area contributed by atoms with Crippen LogP contribution >= 0.6 is 0 Å². The smallest absolute Gasteiger partial charge is 0.306 e. The lowest BCUT2D eigenvalue weighted by molar-refractivity contribution is -0.142. The van der Waals surface area contributed by atoms with E-state index in [4.69, 9.17) is 9.47 Å². The Hall–Kier alpha value is -4.96. The van der Waals surface area contributed by atoms with E-state index in [2.05, 4.69) is 60.7 Å². The standard InChI is InChI=1S/C39H32O4/c1-42-35(40)24-38(31-20-10-6-16-27(31)28-17-7-11-21-32(28)38)37(26-14-4-3-5-15-26)39(25-36(41)43-2)33-22-12-8-18-29(33)30-19-9-13-23-34(30)39/h3-23,37H,24-25H2,1-2H3. The van der Waals surface area contributed by atoms with Crippen LogP contribution in [-0.2, 0) is 29.9 Å². The Balaban J connectivity index is 1.69. The van der Waals surface area contributed by atoms with Crippen LogP contribution in [0.4, 0.5) is 0 Å². The molecule has 7 rings (SSSR count). The molecule has 0 unspecified atom stereocenters. The third-order valence-electron chi connectivity index (χ3n) is 9.63. The fourth-order valence-electron chi connectivity index (χ4n) is 8.16. The lowest BCUT2D eigenvalue weighted by Gasteiger charge is -2.50. The van der Waals surface area contributed by atoms with Gasteiger partial charge in [-0.05, 0) is 50.1 Å². The zero-order valence-electron chi connectivity index (χ0n) is 24.2. The number of fused-ring (bicyclic) bond motifs is 6. The summed E-state index contributed by atoms with van der Waals surface area (Å²) in [5.74, 6) is -1.01. The van der Waals surface area contributed by atoms with Gasteiger partial charge in [-0.3, -0.25) is 9.59 Å². The van der Waals surface area contributed by atoms with Crippen LogP contribution in [0.1, 0.15) is 46.6 Å². The molecule has 0 radical (unpaired) electrons. The van der Waals surface area contributed by atoms with E-state index in [0.29, 0.717) is 0 Å². The average molecular weight is 565 g/mol. The van der Waals surface area contributed by atoms with E-state index < -0.39 is 16.7 Å². The Kier molecular flexibility index (Phi) is 6.50. The van der Waals surface area contributed by atoms with Gasteiger partial charge in [0, 0.05) is 16.7 Å². The number of methoxy groups -OCH3 is 2. The van der Waals surface area contributed by atoms with Crippen molar-refractivity contribution in [1.82, 2.24) is 0 Å². The Morgan fingerprint density at radius 2 is 0.791 bits per heavy atom. The molecule has 2 aliphatic carbocycles. The van der Waals surface area contributed by atoms with E-state index in [1.165, 1.54) is 14.2 Å². The van der Waals surface area contributed by atoms with Crippen LogP contribution in [0.15, 0.2) is 127 Å². The zero-order chi connectivity index (χ0) is 29.6. The number of rotatable bonds is 7. The fourth-order valence-corrected chi connectivity index (χ4v) is 8.16. The predicted molar refractivity (Wildman–Crippen MR) is 168 cm³/mol. The Labute approximate surface area is 251 Å². The molecule has 0 fully saturated rings. The molecule has 212 valence electrons. The monoisotopic (exact) mass is 564 g/mol. The van der Waals surface area contributed by atoms with Gasteiger partial charge in [0.15, 0.2) is 0 Å². The van der Waals surface area contributed by atoms with E-state index in [0.717, 1.165) is 50.1 Å². The molecule has 5 aromatic rings. The molecule has 5 aromatic carbocycles. The number of benzene rings is 5. The van der Waals surface area contributed by atoms with E-state index >= 15 is 0 Å². The van der Waals surface area contributed by atoms with Crippen molar-refractivity contribution in [2.45, 2.75) is 29.6 Å². The summed E-state index contributed by atoms with van der Waals surface area (Å²) in [6, 6.07) is 43.9. The maximum Gasteiger partial charge on any atom is 0.306 e. The molecule has 0 saturated carbocycles. The largest absolute Gasteiger partial charge is 0.469 e. The zero-order valence-corrected chi connectivity index (χ0v) is 24.2. The highest BCUT2D eigenvalue weighted by Gasteiger charge is 2.61. The minimum atomic E-state index is -0.875. The van der Waals surface area contributed by atoms with E-state index in [1.807, 2.05) is 66.7 Å². The Bertz CT molecular complexity index is 1650. The molecule has 0 saturated heterocycles. The molecule has 0 N–H and O–H groups in total. The molecule has 0 amide bonds. The summed E-state index contributed by atoms with van der Waals surface area (Å²) in [6.07, 6.45) is 0.203. The third kappa shape index (κ3) is 3.82. The quantitative estimate of drug-likeness (QED) is 0.189. The number of hydrogen-bond donors (Lipinski definition) is 0. The number of esters is 2. The van der Waals surface area contributed by atoms with Gasteiger partial charge in [0.2, 0.25) is 0 Å². The third-order valence-corrected chi connectivity index (χ3v) is 9.63.